The molecule has 0 heterocycles. The Bertz CT molecular complexity index is 474. The Morgan fingerprint density at radius 1 is 1.19 bits per heavy atom. The van der Waals surface area contributed by atoms with Crippen molar-refractivity contribution in [1.82, 2.24) is 5.32 Å². The van der Waals surface area contributed by atoms with E-state index in [9.17, 15) is 9.90 Å². The van der Waals surface area contributed by atoms with Gasteiger partial charge in [0.25, 0.3) is 0 Å². The van der Waals surface area contributed by atoms with Gasteiger partial charge in [0.15, 0.2) is 0 Å². The highest BCUT2D eigenvalue weighted by Crippen LogP contribution is 2.44. The van der Waals surface area contributed by atoms with Crippen LogP contribution in [0.4, 0.5) is 0 Å². The molecule has 3 nitrogen and oxygen atoms in total. The van der Waals surface area contributed by atoms with E-state index in [-0.39, 0.29) is 23.8 Å². The summed E-state index contributed by atoms with van der Waals surface area (Å²) in [7, 11) is 0. The van der Waals surface area contributed by atoms with Crippen LogP contribution in [0.5, 0.6) is 0 Å². The number of nitrogens with one attached hydrogen (secondary N) is 1. The lowest BCUT2D eigenvalue weighted by atomic mass is 9.94. The molecule has 1 atom stereocenters. The second-order valence-corrected chi connectivity index (χ2v) is 6.86. The Hall–Kier alpha value is -1.35. The first kappa shape index (κ1) is 16.0. The third-order valence-electron chi connectivity index (χ3n) is 4.62. The normalized spacial score (nSPS) is 17.6. The fourth-order valence-corrected chi connectivity index (χ4v) is 2.53. The standard InChI is InChI=1S/C18H27NO2/c1-13(2)15-4-6-16(7-5-15)14(3)10-17(21)19-11-18(12-20)8-9-18/h4-7,13-14,20H,8-12H2,1-3H3,(H,19,21). The first-order chi connectivity index (χ1) is 9.96. The zero-order valence-electron chi connectivity index (χ0n) is 13.4. The van der Waals surface area contributed by atoms with E-state index in [2.05, 4.69) is 50.4 Å². The third kappa shape index (κ3) is 4.31. The van der Waals surface area contributed by atoms with Crippen molar-refractivity contribution in [3.05, 3.63) is 35.4 Å². The number of hydrogen-bond donors (Lipinski definition) is 2. The predicted molar refractivity (Wildman–Crippen MR) is 85.3 cm³/mol. The highest BCUT2D eigenvalue weighted by atomic mass is 16.3. The van der Waals surface area contributed by atoms with Gasteiger partial charge in [-0.1, -0.05) is 45.0 Å². The molecule has 116 valence electrons. The minimum Gasteiger partial charge on any atom is -0.396 e. The molecule has 1 aliphatic carbocycles. The molecule has 0 saturated heterocycles. The second-order valence-electron chi connectivity index (χ2n) is 6.86. The van der Waals surface area contributed by atoms with Gasteiger partial charge < -0.3 is 10.4 Å². The van der Waals surface area contributed by atoms with Crippen LogP contribution in [0.15, 0.2) is 24.3 Å². The Kier molecular flexibility index (Phi) is 5.04. The van der Waals surface area contributed by atoms with E-state index >= 15 is 0 Å². The van der Waals surface area contributed by atoms with Gasteiger partial charge in [-0.3, -0.25) is 4.79 Å². The summed E-state index contributed by atoms with van der Waals surface area (Å²) in [6.45, 7) is 7.24. The summed E-state index contributed by atoms with van der Waals surface area (Å²) in [4.78, 5) is 12.0. The summed E-state index contributed by atoms with van der Waals surface area (Å²) in [6.07, 6.45) is 2.55. The largest absolute Gasteiger partial charge is 0.396 e. The average Bonchev–Trinajstić information content (AvgIpc) is 3.26. The van der Waals surface area contributed by atoms with E-state index in [0.717, 1.165) is 12.8 Å². The van der Waals surface area contributed by atoms with Gasteiger partial charge in [-0.2, -0.15) is 0 Å². The molecule has 2 rings (SSSR count). The van der Waals surface area contributed by atoms with Gasteiger partial charge in [0.2, 0.25) is 5.91 Å². The highest BCUT2D eigenvalue weighted by Gasteiger charge is 2.42. The molecule has 1 amide bonds. The van der Waals surface area contributed by atoms with Crippen LogP contribution in [0.25, 0.3) is 0 Å². The minimum absolute atomic E-state index is 0.0161. The zero-order valence-corrected chi connectivity index (χ0v) is 13.4. The quantitative estimate of drug-likeness (QED) is 0.810. The third-order valence-corrected chi connectivity index (χ3v) is 4.62. The molecular formula is C18H27NO2. The number of aliphatic hydroxyl groups is 1. The van der Waals surface area contributed by atoms with Crippen LogP contribution in [-0.2, 0) is 4.79 Å². The van der Waals surface area contributed by atoms with E-state index in [1.165, 1.54) is 11.1 Å². The van der Waals surface area contributed by atoms with Gasteiger partial charge in [-0.05, 0) is 35.8 Å². The van der Waals surface area contributed by atoms with Gasteiger partial charge in [-0.25, -0.2) is 0 Å². The van der Waals surface area contributed by atoms with E-state index in [1.54, 1.807) is 0 Å². The van der Waals surface area contributed by atoms with E-state index < -0.39 is 0 Å². The topological polar surface area (TPSA) is 49.3 Å². The molecule has 0 bridgehead atoms. The molecule has 1 aliphatic rings. The molecule has 1 fully saturated rings. The Morgan fingerprint density at radius 3 is 2.24 bits per heavy atom. The van der Waals surface area contributed by atoms with Crippen molar-refractivity contribution in [1.29, 1.82) is 0 Å². The maximum atomic E-state index is 12.0. The van der Waals surface area contributed by atoms with Gasteiger partial charge in [0.05, 0.1) is 6.61 Å². The molecule has 0 radical (unpaired) electrons. The fourth-order valence-electron chi connectivity index (χ4n) is 2.53. The summed E-state index contributed by atoms with van der Waals surface area (Å²) >= 11 is 0. The monoisotopic (exact) mass is 289 g/mol. The van der Waals surface area contributed by atoms with Crippen LogP contribution in [-0.4, -0.2) is 24.2 Å². The average molecular weight is 289 g/mol. The molecule has 1 aromatic rings. The molecule has 1 saturated carbocycles. The summed E-state index contributed by atoms with van der Waals surface area (Å²) in [5.41, 5.74) is 2.52. The number of carbonyl (C=O) groups excluding carboxylic acids is 1. The zero-order chi connectivity index (χ0) is 15.5. The predicted octanol–water partition coefficient (Wildman–Crippen LogP) is 3.19. The van der Waals surface area contributed by atoms with Gasteiger partial charge >= 0.3 is 0 Å². The van der Waals surface area contributed by atoms with Crippen LogP contribution < -0.4 is 5.32 Å². The van der Waals surface area contributed by atoms with Crippen molar-refractivity contribution in [2.45, 2.75) is 51.9 Å². The smallest absolute Gasteiger partial charge is 0.220 e. The van der Waals surface area contributed by atoms with Gasteiger partial charge in [0, 0.05) is 18.4 Å². The summed E-state index contributed by atoms with van der Waals surface area (Å²) in [5.74, 6) is 0.830. The Morgan fingerprint density at radius 2 is 1.76 bits per heavy atom. The molecule has 0 spiro atoms. The first-order valence-electron chi connectivity index (χ1n) is 7.93. The van der Waals surface area contributed by atoms with Crippen molar-refractivity contribution in [3.63, 3.8) is 0 Å². The van der Waals surface area contributed by atoms with E-state index in [0.29, 0.717) is 18.9 Å². The van der Waals surface area contributed by atoms with Crippen molar-refractivity contribution in [2.75, 3.05) is 13.2 Å². The van der Waals surface area contributed by atoms with E-state index in [1.807, 2.05) is 0 Å². The first-order valence-corrected chi connectivity index (χ1v) is 7.93. The van der Waals surface area contributed by atoms with Crippen LogP contribution in [0.1, 0.15) is 63.0 Å². The van der Waals surface area contributed by atoms with Gasteiger partial charge in [0.1, 0.15) is 0 Å². The van der Waals surface area contributed by atoms with Gasteiger partial charge in [-0.15, -0.1) is 0 Å². The number of hydrogen-bond acceptors (Lipinski definition) is 2. The molecule has 2 N–H and O–H groups in total. The van der Waals surface area contributed by atoms with Crippen LogP contribution in [0.2, 0.25) is 0 Å². The lowest BCUT2D eigenvalue weighted by Crippen LogP contribution is -2.32. The highest BCUT2D eigenvalue weighted by molar-refractivity contribution is 5.76. The molecule has 1 unspecified atom stereocenters. The van der Waals surface area contributed by atoms with Crippen molar-refractivity contribution in [3.8, 4) is 0 Å². The number of amides is 1. The lowest BCUT2D eigenvalue weighted by Gasteiger charge is -2.16. The maximum absolute atomic E-state index is 12.0. The van der Waals surface area contributed by atoms with Crippen molar-refractivity contribution >= 4 is 5.91 Å². The lowest BCUT2D eigenvalue weighted by molar-refractivity contribution is -0.121. The fraction of sp³-hybridized carbons (Fsp3) is 0.611. The number of aliphatic hydroxyl groups excluding tert-OH is 1. The van der Waals surface area contributed by atoms with Crippen molar-refractivity contribution in [2.24, 2.45) is 5.41 Å². The SMILES string of the molecule is CC(C)c1ccc(C(C)CC(=O)NCC2(CO)CC2)cc1. The number of rotatable bonds is 7. The van der Waals surface area contributed by atoms with Crippen LogP contribution >= 0.6 is 0 Å². The van der Waals surface area contributed by atoms with Crippen LogP contribution in [0.3, 0.4) is 0 Å². The number of carbonyl (C=O) groups is 1. The molecule has 3 heteroatoms. The van der Waals surface area contributed by atoms with E-state index in [4.69, 9.17) is 0 Å². The van der Waals surface area contributed by atoms with Crippen molar-refractivity contribution < 1.29 is 9.90 Å². The maximum Gasteiger partial charge on any atom is 0.220 e. The summed E-state index contributed by atoms with van der Waals surface area (Å²) in [5, 5.41) is 12.2. The molecule has 0 aliphatic heterocycles. The number of benzene rings is 1. The molecule has 1 aromatic carbocycles. The second kappa shape index (κ2) is 6.61. The molecule has 0 aromatic heterocycles. The Labute approximate surface area is 127 Å². The van der Waals surface area contributed by atoms with Crippen LogP contribution in [0, 0.1) is 5.41 Å². The summed E-state index contributed by atoms with van der Waals surface area (Å²) < 4.78 is 0. The minimum atomic E-state index is -0.0161. The summed E-state index contributed by atoms with van der Waals surface area (Å²) in [6, 6.07) is 8.56. The molecular weight excluding hydrogens is 262 g/mol. The molecule has 21 heavy (non-hydrogen) atoms. The Balaban J connectivity index is 1.82.